The third-order valence-electron chi connectivity index (χ3n) is 4.77. The molecule has 0 bridgehead atoms. The van der Waals surface area contributed by atoms with Gasteiger partial charge in [-0.1, -0.05) is 30.3 Å². The third-order valence-corrected chi connectivity index (χ3v) is 4.77. The van der Waals surface area contributed by atoms with E-state index in [1.807, 2.05) is 12.1 Å². The van der Waals surface area contributed by atoms with Crippen molar-refractivity contribution >= 4 is 28.6 Å². The number of fused-ring (bicyclic) bond motifs is 1. The fourth-order valence-electron chi connectivity index (χ4n) is 3.28. The lowest BCUT2D eigenvalue weighted by atomic mass is 10.1. The van der Waals surface area contributed by atoms with E-state index in [1.54, 1.807) is 31.2 Å². The molecule has 4 rings (SSSR count). The summed E-state index contributed by atoms with van der Waals surface area (Å²) in [6.45, 7) is 1.66. The van der Waals surface area contributed by atoms with E-state index in [2.05, 4.69) is 15.4 Å². The Labute approximate surface area is 185 Å². The lowest BCUT2D eigenvalue weighted by Crippen LogP contribution is -2.22. The number of aromatic nitrogens is 3. The number of alkyl halides is 3. The van der Waals surface area contributed by atoms with Crippen molar-refractivity contribution in [2.75, 3.05) is 11.9 Å². The molecule has 2 heterocycles. The molecule has 0 saturated carbocycles. The van der Waals surface area contributed by atoms with E-state index in [-0.39, 0.29) is 23.8 Å². The van der Waals surface area contributed by atoms with Gasteiger partial charge < -0.3 is 10.1 Å². The molecular formula is C23H17F3N4O3. The number of esters is 1. The maximum Gasteiger partial charge on any atom is 0.417 e. The lowest BCUT2D eigenvalue weighted by molar-refractivity contribution is -0.137. The molecule has 7 nitrogen and oxygen atoms in total. The predicted octanol–water partition coefficient (Wildman–Crippen LogP) is 4.87. The van der Waals surface area contributed by atoms with Crippen molar-refractivity contribution in [3.8, 4) is 5.82 Å². The van der Waals surface area contributed by atoms with Gasteiger partial charge in [0.05, 0.1) is 29.4 Å². The number of benzene rings is 2. The van der Waals surface area contributed by atoms with E-state index in [1.165, 1.54) is 23.0 Å². The molecule has 0 spiro atoms. The summed E-state index contributed by atoms with van der Waals surface area (Å²) in [7, 11) is 0. The van der Waals surface area contributed by atoms with E-state index >= 15 is 0 Å². The highest BCUT2D eigenvalue weighted by atomic mass is 19.4. The highest BCUT2D eigenvalue weighted by Gasteiger charge is 2.35. The molecule has 0 aliphatic heterocycles. The van der Waals surface area contributed by atoms with Crippen molar-refractivity contribution in [3.63, 3.8) is 0 Å². The summed E-state index contributed by atoms with van der Waals surface area (Å²) in [5.74, 6) is -1.75. The smallest absolute Gasteiger partial charge is 0.417 e. The number of carbonyl (C=O) groups is 2. The van der Waals surface area contributed by atoms with Crippen LogP contribution >= 0.6 is 0 Å². The summed E-state index contributed by atoms with van der Waals surface area (Å²) in [5.41, 5.74) is -1.19. The number of para-hydroxylation sites is 1. The Bertz CT molecular complexity index is 1350. The Kier molecular flexibility index (Phi) is 5.82. The van der Waals surface area contributed by atoms with Gasteiger partial charge in [-0.05, 0) is 37.3 Å². The quantitative estimate of drug-likeness (QED) is 0.435. The van der Waals surface area contributed by atoms with Crippen LogP contribution in [0.3, 0.4) is 0 Å². The van der Waals surface area contributed by atoms with Crippen LogP contribution in [-0.4, -0.2) is 33.2 Å². The fraction of sp³-hybridized carbons (Fsp3) is 0.130. The highest BCUT2D eigenvalue weighted by Crippen LogP contribution is 2.32. The Morgan fingerprint density at radius 1 is 1.00 bits per heavy atom. The summed E-state index contributed by atoms with van der Waals surface area (Å²) in [4.78, 5) is 29.8. The molecule has 0 saturated heterocycles. The average Bonchev–Trinajstić information content (AvgIpc) is 3.22. The minimum Gasteiger partial charge on any atom is -0.462 e. The zero-order valence-corrected chi connectivity index (χ0v) is 17.3. The molecule has 1 N–H and O–H groups in total. The number of nitrogens with zero attached hydrogens (tertiary/aromatic N) is 3. The number of carbonyl (C=O) groups excluding carboxylic acids is 2. The van der Waals surface area contributed by atoms with Crippen molar-refractivity contribution in [3.05, 3.63) is 83.6 Å². The number of ether oxygens (including phenoxy) is 1. The van der Waals surface area contributed by atoms with Gasteiger partial charge in [0, 0.05) is 5.39 Å². The molecule has 168 valence electrons. The second-order valence-electron chi connectivity index (χ2n) is 6.90. The van der Waals surface area contributed by atoms with E-state index in [0.717, 1.165) is 17.5 Å². The third kappa shape index (κ3) is 4.40. The van der Waals surface area contributed by atoms with Crippen LogP contribution < -0.4 is 5.32 Å². The number of hydrogen-bond donors (Lipinski definition) is 1. The summed E-state index contributed by atoms with van der Waals surface area (Å²) in [5, 5.41) is 7.38. The summed E-state index contributed by atoms with van der Waals surface area (Å²) >= 11 is 0. The summed E-state index contributed by atoms with van der Waals surface area (Å²) in [6.07, 6.45) is -3.57. The number of pyridine rings is 1. The van der Waals surface area contributed by atoms with E-state index in [9.17, 15) is 22.8 Å². The van der Waals surface area contributed by atoms with E-state index in [4.69, 9.17) is 4.74 Å². The van der Waals surface area contributed by atoms with E-state index < -0.39 is 29.2 Å². The van der Waals surface area contributed by atoms with Crippen LogP contribution in [0.2, 0.25) is 0 Å². The molecule has 2 aromatic heterocycles. The number of rotatable bonds is 5. The largest absolute Gasteiger partial charge is 0.462 e. The van der Waals surface area contributed by atoms with Crippen LogP contribution in [0.1, 0.15) is 33.2 Å². The molecule has 33 heavy (non-hydrogen) atoms. The molecule has 0 radical (unpaired) electrons. The molecule has 0 unspecified atom stereocenters. The fourth-order valence-corrected chi connectivity index (χ4v) is 3.28. The first-order valence-electron chi connectivity index (χ1n) is 9.88. The number of hydrogen-bond acceptors (Lipinski definition) is 5. The SMILES string of the molecule is CCOC(=O)c1cnn(-c2ccc3ccccc3n2)c1NC(=O)c1ccccc1C(F)(F)F. The van der Waals surface area contributed by atoms with Gasteiger partial charge in [-0.2, -0.15) is 23.0 Å². The highest BCUT2D eigenvalue weighted by molar-refractivity contribution is 6.08. The van der Waals surface area contributed by atoms with Crippen molar-refractivity contribution in [2.24, 2.45) is 0 Å². The molecule has 10 heteroatoms. The zero-order chi connectivity index (χ0) is 23.6. The van der Waals surface area contributed by atoms with Crippen molar-refractivity contribution in [1.29, 1.82) is 0 Å². The van der Waals surface area contributed by atoms with Gasteiger partial charge >= 0.3 is 12.1 Å². The average molecular weight is 454 g/mol. The molecule has 0 atom stereocenters. The van der Waals surface area contributed by atoms with Crippen LogP contribution in [0.5, 0.6) is 0 Å². The van der Waals surface area contributed by atoms with Gasteiger partial charge in [0.1, 0.15) is 5.56 Å². The Hall–Kier alpha value is -4.21. The van der Waals surface area contributed by atoms with Crippen LogP contribution in [0.15, 0.2) is 66.9 Å². The minimum atomic E-state index is -4.74. The van der Waals surface area contributed by atoms with Crippen LogP contribution in [0.4, 0.5) is 19.0 Å². The first kappa shape index (κ1) is 22.0. The van der Waals surface area contributed by atoms with Gasteiger partial charge in [-0.3, -0.25) is 4.79 Å². The van der Waals surface area contributed by atoms with Crippen LogP contribution in [0, 0.1) is 0 Å². The number of halogens is 3. The standard InChI is InChI=1S/C23H17F3N4O3/c1-2-33-22(32)16-13-27-30(19-12-11-14-7-3-6-10-18(14)28-19)20(16)29-21(31)15-8-4-5-9-17(15)23(24,25)26/h3-13H,2H2,1H3,(H,29,31). The molecule has 0 aliphatic rings. The molecule has 2 aromatic carbocycles. The minimum absolute atomic E-state index is 0.0581. The lowest BCUT2D eigenvalue weighted by Gasteiger charge is -2.14. The van der Waals surface area contributed by atoms with Gasteiger partial charge in [-0.25, -0.2) is 9.78 Å². The zero-order valence-electron chi connectivity index (χ0n) is 17.3. The first-order chi connectivity index (χ1) is 15.8. The molecule has 0 fully saturated rings. The van der Waals surface area contributed by atoms with Crippen molar-refractivity contribution in [1.82, 2.24) is 14.8 Å². The predicted molar refractivity (Wildman–Crippen MR) is 114 cm³/mol. The monoisotopic (exact) mass is 454 g/mol. The first-order valence-corrected chi connectivity index (χ1v) is 9.88. The van der Waals surface area contributed by atoms with Gasteiger partial charge in [0.15, 0.2) is 11.6 Å². The number of amides is 1. The molecule has 1 amide bonds. The maximum absolute atomic E-state index is 13.4. The second-order valence-corrected chi connectivity index (χ2v) is 6.90. The molecular weight excluding hydrogens is 437 g/mol. The van der Waals surface area contributed by atoms with Gasteiger partial charge in [0.25, 0.3) is 5.91 Å². The van der Waals surface area contributed by atoms with Crippen LogP contribution in [0.25, 0.3) is 16.7 Å². The Balaban J connectivity index is 1.80. The van der Waals surface area contributed by atoms with Crippen molar-refractivity contribution in [2.45, 2.75) is 13.1 Å². The van der Waals surface area contributed by atoms with Gasteiger partial charge in [0.2, 0.25) is 0 Å². The summed E-state index contributed by atoms with van der Waals surface area (Å²) in [6, 6.07) is 15.0. The normalized spacial score (nSPS) is 11.4. The number of nitrogens with one attached hydrogen (secondary N) is 1. The number of anilines is 1. The Morgan fingerprint density at radius 2 is 1.73 bits per heavy atom. The van der Waals surface area contributed by atoms with Gasteiger partial charge in [-0.15, -0.1) is 0 Å². The summed E-state index contributed by atoms with van der Waals surface area (Å²) < 4.78 is 46.4. The topological polar surface area (TPSA) is 86.1 Å². The maximum atomic E-state index is 13.4. The van der Waals surface area contributed by atoms with Crippen LogP contribution in [-0.2, 0) is 10.9 Å². The van der Waals surface area contributed by atoms with E-state index in [0.29, 0.717) is 5.52 Å². The van der Waals surface area contributed by atoms with Crippen molar-refractivity contribution < 1.29 is 27.5 Å². The molecule has 4 aromatic rings. The Morgan fingerprint density at radius 3 is 2.48 bits per heavy atom. The second kappa shape index (κ2) is 8.73. The molecule has 0 aliphatic carbocycles.